The van der Waals surface area contributed by atoms with Crippen LogP contribution in [0.2, 0.25) is 10.0 Å². The van der Waals surface area contributed by atoms with E-state index >= 15 is 0 Å². The van der Waals surface area contributed by atoms with E-state index in [1.807, 2.05) is 0 Å². The zero-order valence-electron chi connectivity index (χ0n) is 9.47. The van der Waals surface area contributed by atoms with E-state index in [0.717, 1.165) is 0 Å². The van der Waals surface area contributed by atoms with E-state index in [9.17, 15) is 4.79 Å². The summed E-state index contributed by atoms with van der Waals surface area (Å²) in [6.45, 7) is 5.73. The number of halogens is 2. The molecule has 1 aromatic carbocycles. The fraction of sp³-hybridized carbons (Fsp3) is 0.250. The van der Waals surface area contributed by atoms with Gasteiger partial charge >= 0.3 is 0 Å². The molecule has 0 heterocycles. The standard InChI is InChI=1S/C12H14Cl2N2O/c1-3-4-15-12(17)8(2)16-11-6-9(13)5-10(14)7-11/h3,5-8,16H,1,4H2,2H3,(H,15,17). The van der Waals surface area contributed by atoms with E-state index in [-0.39, 0.29) is 11.9 Å². The fourth-order valence-corrected chi connectivity index (χ4v) is 1.80. The van der Waals surface area contributed by atoms with Crippen LogP contribution in [0.3, 0.4) is 0 Å². The second kappa shape index (κ2) is 6.52. The number of carbonyl (C=O) groups excluding carboxylic acids is 1. The van der Waals surface area contributed by atoms with Crippen LogP contribution in [0.15, 0.2) is 30.9 Å². The molecule has 5 heteroatoms. The third-order valence-electron chi connectivity index (χ3n) is 2.06. The van der Waals surface area contributed by atoms with Gasteiger partial charge in [-0.15, -0.1) is 6.58 Å². The molecule has 17 heavy (non-hydrogen) atoms. The summed E-state index contributed by atoms with van der Waals surface area (Å²) in [5.41, 5.74) is 0.712. The van der Waals surface area contributed by atoms with E-state index in [1.54, 1.807) is 31.2 Å². The van der Waals surface area contributed by atoms with Gasteiger partial charge in [-0.25, -0.2) is 0 Å². The van der Waals surface area contributed by atoms with Crippen LogP contribution in [0.1, 0.15) is 6.92 Å². The molecule has 0 fully saturated rings. The second-order valence-electron chi connectivity index (χ2n) is 3.56. The Bertz CT molecular complexity index is 401. The highest BCUT2D eigenvalue weighted by molar-refractivity contribution is 6.35. The molecule has 0 aliphatic rings. The molecular formula is C12H14Cl2N2O. The van der Waals surface area contributed by atoms with Gasteiger partial charge in [0.2, 0.25) is 5.91 Å². The van der Waals surface area contributed by atoms with Crippen molar-refractivity contribution in [2.45, 2.75) is 13.0 Å². The van der Waals surface area contributed by atoms with Gasteiger partial charge < -0.3 is 10.6 Å². The predicted octanol–water partition coefficient (Wildman–Crippen LogP) is 3.10. The number of benzene rings is 1. The van der Waals surface area contributed by atoms with Crippen molar-refractivity contribution in [3.05, 3.63) is 40.9 Å². The van der Waals surface area contributed by atoms with Crippen molar-refractivity contribution < 1.29 is 4.79 Å². The van der Waals surface area contributed by atoms with Gasteiger partial charge in [0, 0.05) is 22.3 Å². The van der Waals surface area contributed by atoms with Gasteiger partial charge in [-0.3, -0.25) is 4.79 Å². The highest BCUT2D eigenvalue weighted by Crippen LogP contribution is 2.22. The van der Waals surface area contributed by atoms with Crippen LogP contribution in [0, 0.1) is 0 Å². The van der Waals surface area contributed by atoms with E-state index in [0.29, 0.717) is 22.3 Å². The zero-order chi connectivity index (χ0) is 12.8. The molecule has 0 aromatic heterocycles. The Hall–Kier alpha value is -1.19. The van der Waals surface area contributed by atoms with Crippen molar-refractivity contribution in [2.75, 3.05) is 11.9 Å². The van der Waals surface area contributed by atoms with Crippen molar-refractivity contribution in [1.29, 1.82) is 0 Å². The highest BCUT2D eigenvalue weighted by atomic mass is 35.5. The van der Waals surface area contributed by atoms with Gasteiger partial charge in [0.15, 0.2) is 0 Å². The number of rotatable bonds is 5. The number of nitrogens with one attached hydrogen (secondary N) is 2. The van der Waals surface area contributed by atoms with Crippen LogP contribution in [-0.2, 0) is 4.79 Å². The van der Waals surface area contributed by atoms with Crippen LogP contribution in [0.4, 0.5) is 5.69 Å². The van der Waals surface area contributed by atoms with Crippen LogP contribution in [0.25, 0.3) is 0 Å². The fourth-order valence-electron chi connectivity index (χ4n) is 1.28. The van der Waals surface area contributed by atoms with E-state index in [4.69, 9.17) is 23.2 Å². The van der Waals surface area contributed by atoms with E-state index in [2.05, 4.69) is 17.2 Å². The van der Waals surface area contributed by atoms with Gasteiger partial charge in [0.1, 0.15) is 6.04 Å². The van der Waals surface area contributed by atoms with E-state index in [1.165, 1.54) is 0 Å². The molecule has 2 N–H and O–H groups in total. The van der Waals surface area contributed by atoms with Crippen LogP contribution in [0.5, 0.6) is 0 Å². The average Bonchev–Trinajstić information content (AvgIpc) is 2.24. The molecule has 3 nitrogen and oxygen atoms in total. The van der Waals surface area contributed by atoms with Crippen LogP contribution < -0.4 is 10.6 Å². The summed E-state index contributed by atoms with van der Waals surface area (Å²) in [4.78, 5) is 11.6. The maximum Gasteiger partial charge on any atom is 0.242 e. The Morgan fingerprint density at radius 3 is 2.53 bits per heavy atom. The third-order valence-corrected chi connectivity index (χ3v) is 2.50. The minimum absolute atomic E-state index is 0.110. The van der Waals surface area contributed by atoms with Crippen molar-refractivity contribution >= 4 is 34.8 Å². The molecule has 0 bridgehead atoms. The van der Waals surface area contributed by atoms with Gasteiger partial charge in [-0.1, -0.05) is 29.3 Å². The summed E-state index contributed by atoms with van der Waals surface area (Å²) in [6.07, 6.45) is 1.63. The molecule has 0 saturated carbocycles. The normalized spacial score (nSPS) is 11.7. The smallest absolute Gasteiger partial charge is 0.242 e. The Kier molecular flexibility index (Phi) is 5.32. The minimum Gasteiger partial charge on any atom is -0.374 e. The van der Waals surface area contributed by atoms with Crippen molar-refractivity contribution in [3.8, 4) is 0 Å². The Labute approximate surface area is 111 Å². The number of amides is 1. The van der Waals surface area contributed by atoms with Crippen LogP contribution in [-0.4, -0.2) is 18.5 Å². The van der Waals surface area contributed by atoms with Gasteiger partial charge in [-0.05, 0) is 25.1 Å². The maximum absolute atomic E-state index is 11.6. The molecule has 1 rings (SSSR count). The summed E-state index contributed by atoms with van der Waals surface area (Å²) in [7, 11) is 0. The molecule has 92 valence electrons. The third kappa shape index (κ3) is 4.67. The van der Waals surface area contributed by atoms with Crippen LogP contribution >= 0.6 is 23.2 Å². The maximum atomic E-state index is 11.6. The van der Waals surface area contributed by atoms with Gasteiger partial charge in [0.05, 0.1) is 0 Å². The number of anilines is 1. The van der Waals surface area contributed by atoms with Crippen molar-refractivity contribution in [3.63, 3.8) is 0 Å². The van der Waals surface area contributed by atoms with Gasteiger partial charge in [0.25, 0.3) is 0 Å². The highest BCUT2D eigenvalue weighted by Gasteiger charge is 2.11. The number of carbonyl (C=O) groups is 1. The molecule has 1 aromatic rings. The molecule has 1 atom stereocenters. The Morgan fingerprint density at radius 1 is 1.41 bits per heavy atom. The molecule has 0 spiro atoms. The Balaban J connectivity index is 2.63. The summed E-state index contributed by atoms with van der Waals surface area (Å²) in [5, 5.41) is 6.77. The lowest BCUT2D eigenvalue weighted by Crippen LogP contribution is -2.37. The molecule has 0 aliphatic carbocycles. The summed E-state index contributed by atoms with van der Waals surface area (Å²) >= 11 is 11.7. The van der Waals surface area contributed by atoms with E-state index < -0.39 is 0 Å². The Morgan fingerprint density at radius 2 is 2.00 bits per heavy atom. The summed E-state index contributed by atoms with van der Waals surface area (Å²) in [6, 6.07) is 4.69. The lowest BCUT2D eigenvalue weighted by atomic mass is 10.2. The first-order valence-electron chi connectivity index (χ1n) is 5.14. The molecular weight excluding hydrogens is 259 g/mol. The number of hydrogen-bond donors (Lipinski definition) is 2. The largest absolute Gasteiger partial charge is 0.374 e. The minimum atomic E-state index is -0.371. The predicted molar refractivity (Wildman–Crippen MR) is 72.8 cm³/mol. The van der Waals surface area contributed by atoms with Crippen molar-refractivity contribution in [1.82, 2.24) is 5.32 Å². The molecule has 0 aliphatic heterocycles. The quantitative estimate of drug-likeness (QED) is 0.809. The molecule has 0 saturated heterocycles. The monoisotopic (exact) mass is 272 g/mol. The molecule has 1 amide bonds. The second-order valence-corrected chi connectivity index (χ2v) is 4.43. The first kappa shape index (κ1) is 13.9. The lowest BCUT2D eigenvalue weighted by molar-refractivity contribution is -0.121. The summed E-state index contributed by atoms with van der Waals surface area (Å²) in [5.74, 6) is -0.110. The average molecular weight is 273 g/mol. The van der Waals surface area contributed by atoms with Gasteiger partial charge in [-0.2, -0.15) is 0 Å². The lowest BCUT2D eigenvalue weighted by Gasteiger charge is -2.15. The molecule has 0 radical (unpaired) electrons. The first-order chi connectivity index (χ1) is 8.02. The van der Waals surface area contributed by atoms with Crippen molar-refractivity contribution in [2.24, 2.45) is 0 Å². The molecule has 1 unspecified atom stereocenters. The first-order valence-corrected chi connectivity index (χ1v) is 5.89. The summed E-state index contributed by atoms with van der Waals surface area (Å²) < 4.78 is 0. The number of hydrogen-bond acceptors (Lipinski definition) is 2. The SMILES string of the molecule is C=CCNC(=O)C(C)Nc1cc(Cl)cc(Cl)c1. The topological polar surface area (TPSA) is 41.1 Å². The zero-order valence-corrected chi connectivity index (χ0v) is 11.0.